The summed E-state index contributed by atoms with van der Waals surface area (Å²) in [5.74, 6) is -3.12. The number of carbonyl (C=O) groups excluding carboxylic acids is 4. The Hall–Kier alpha value is -7.52. The van der Waals surface area contributed by atoms with E-state index < -0.39 is 47.8 Å². The highest BCUT2D eigenvalue weighted by atomic mass is 16.2. The maximum atomic E-state index is 14.2. The standard InChI is InChI=1S/C48H57N11O4/c49-39(29-31-15-19-35(20-16-31)33-9-3-1-4-10-33)44(61)58-41(14-8-28-56-48(53)54)45(62)59-42(46(63)57-40(43(50)60)13-7-27-55-47(51)52)30-32-17-21-36(22-18-32)38-25-23-37(24-26-38)34-11-5-2-6-12-34/h1-6,9-12,15-26,39-42H,7-8,13-14,27-30,49H2,(H2,50,60)(H,57,63)(H,58,61)(H,59,62)(H4,51,52,55)(H4,53,54,56)/t39-,40-,41-,42-/m0/s1. The maximum Gasteiger partial charge on any atom is 0.243 e. The lowest BCUT2D eigenvalue weighted by Crippen LogP contribution is -2.58. The van der Waals surface area contributed by atoms with Gasteiger partial charge in [-0.05, 0) is 76.6 Å². The van der Waals surface area contributed by atoms with Gasteiger partial charge in [0.1, 0.15) is 18.1 Å². The molecule has 0 bridgehead atoms. The molecule has 15 heteroatoms. The molecule has 4 amide bonds. The third kappa shape index (κ3) is 14.9. The minimum atomic E-state index is -1.20. The van der Waals surface area contributed by atoms with Gasteiger partial charge >= 0.3 is 0 Å². The summed E-state index contributed by atoms with van der Waals surface area (Å²) in [4.78, 5) is 54.3. The van der Waals surface area contributed by atoms with E-state index in [1.165, 1.54) is 0 Å². The fourth-order valence-corrected chi connectivity index (χ4v) is 7.01. The predicted octanol–water partition coefficient (Wildman–Crippen LogP) is 3.27. The number of primary amides is 1. The number of benzene rings is 5. The van der Waals surface area contributed by atoms with Crippen molar-refractivity contribution in [3.63, 3.8) is 0 Å². The van der Waals surface area contributed by atoms with Gasteiger partial charge in [0.15, 0.2) is 11.9 Å². The minimum Gasteiger partial charge on any atom is -0.370 e. The van der Waals surface area contributed by atoms with E-state index in [2.05, 4.69) is 50.8 Å². The Bertz CT molecular complexity index is 2290. The van der Waals surface area contributed by atoms with Crippen molar-refractivity contribution in [2.75, 3.05) is 13.1 Å². The van der Waals surface area contributed by atoms with E-state index in [1.807, 2.05) is 109 Å². The second-order valence-corrected chi connectivity index (χ2v) is 15.3. The summed E-state index contributed by atoms with van der Waals surface area (Å²) < 4.78 is 0. The number of amides is 4. The van der Waals surface area contributed by atoms with Crippen LogP contribution in [0.25, 0.3) is 33.4 Å². The Labute approximate surface area is 367 Å². The highest BCUT2D eigenvalue weighted by molar-refractivity contribution is 5.95. The normalized spacial score (nSPS) is 12.7. The minimum absolute atomic E-state index is 0.0349. The molecule has 0 radical (unpaired) electrons. The fraction of sp³-hybridized carbons (Fsp3) is 0.250. The molecular formula is C48H57N11O4. The van der Waals surface area contributed by atoms with Gasteiger partial charge in [0.05, 0.1) is 6.04 Å². The number of hydrogen-bond acceptors (Lipinski definition) is 7. The van der Waals surface area contributed by atoms with Gasteiger partial charge in [-0.2, -0.15) is 0 Å². The molecule has 4 atom stereocenters. The van der Waals surface area contributed by atoms with Gasteiger partial charge in [0.2, 0.25) is 23.6 Å². The predicted molar refractivity (Wildman–Crippen MR) is 248 cm³/mol. The van der Waals surface area contributed by atoms with Gasteiger partial charge in [-0.15, -0.1) is 0 Å². The lowest BCUT2D eigenvalue weighted by molar-refractivity contribution is -0.133. The maximum absolute atomic E-state index is 14.2. The quantitative estimate of drug-likeness (QED) is 0.0277. The molecule has 0 saturated heterocycles. The average molecular weight is 852 g/mol. The van der Waals surface area contributed by atoms with Crippen LogP contribution in [0.4, 0.5) is 0 Å². The average Bonchev–Trinajstić information content (AvgIpc) is 3.28. The van der Waals surface area contributed by atoms with Crippen LogP contribution in [0.2, 0.25) is 0 Å². The molecule has 0 aliphatic heterocycles. The molecule has 0 aliphatic carbocycles. The zero-order chi connectivity index (χ0) is 45.1. The van der Waals surface area contributed by atoms with Crippen LogP contribution in [0.3, 0.4) is 0 Å². The number of nitrogens with two attached hydrogens (primary N) is 4. The van der Waals surface area contributed by atoms with Crippen molar-refractivity contribution < 1.29 is 19.2 Å². The summed E-state index contributed by atoms with van der Waals surface area (Å²) in [7, 11) is 0. The monoisotopic (exact) mass is 851 g/mol. The largest absolute Gasteiger partial charge is 0.370 e. The van der Waals surface area contributed by atoms with Gasteiger partial charge in [-0.3, -0.25) is 30.0 Å². The van der Waals surface area contributed by atoms with Crippen LogP contribution in [0, 0.1) is 10.8 Å². The van der Waals surface area contributed by atoms with Gasteiger partial charge in [-0.1, -0.05) is 133 Å². The zero-order valence-electron chi connectivity index (χ0n) is 35.1. The van der Waals surface area contributed by atoms with Crippen LogP contribution in [0.15, 0.2) is 133 Å². The summed E-state index contributed by atoms with van der Waals surface area (Å²) in [6.45, 7) is 0.524. The molecule has 0 heterocycles. The summed E-state index contributed by atoms with van der Waals surface area (Å²) in [5, 5.41) is 28.6. The Morgan fingerprint density at radius 2 is 0.794 bits per heavy atom. The molecule has 0 aliphatic rings. The molecule has 15 nitrogen and oxygen atoms in total. The molecule has 5 aromatic carbocycles. The highest BCUT2D eigenvalue weighted by Crippen LogP contribution is 2.26. The zero-order valence-corrected chi connectivity index (χ0v) is 35.1. The molecule has 0 fully saturated rings. The molecule has 5 rings (SSSR count). The molecular weight excluding hydrogens is 795 g/mol. The van der Waals surface area contributed by atoms with E-state index >= 15 is 0 Å². The Balaban J connectivity index is 1.32. The molecule has 63 heavy (non-hydrogen) atoms. The topological polar surface area (TPSA) is 280 Å². The van der Waals surface area contributed by atoms with Crippen LogP contribution >= 0.6 is 0 Å². The van der Waals surface area contributed by atoms with E-state index in [9.17, 15) is 19.2 Å². The molecule has 15 N–H and O–H groups in total. The van der Waals surface area contributed by atoms with Crippen molar-refractivity contribution >= 4 is 35.5 Å². The second-order valence-electron chi connectivity index (χ2n) is 15.3. The number of rotatable bonds is 22. The van der Waals surface area contributed by atoms with E-state index in [-0.39, 0.29) is 50.7 Å². The van der Waals surface area contributed by atoms with Crippen molar-refractivity contribution in [1.29, 1.82) is 10.8 Å². The first-order chi connectivity index (χ1) is 30.4. The summed E-state index contributed by atoms with van der Waals surface area (Å²) in [6, 6.07) is 39.1. The first-order valence-electron chi connectivity index (χ1n) is 20.9. The lowest BCUT2D eigenvalue weighted by atomic mass is 9.97. The molecule has 0 unspecified atom stereocenters. The molecule has 0 aromatic heterocycles. The van der Waals surface area contributed by atoms with E-state index in [1.54, 1.807) is 0 Å². The Morgan fingerprint density at radius 1 is 0.444 bits per heavy atom. The molecule has 328 valence electrons. The third-order valence-corrected chi connectivity index (χ3v) is 10.5. The number of hydrogen-bond donors (Lipinski definition) is 11. The summed E-state index contributed by atoms with van der Waals surface area (Å²) in [6.07, 6.45) is 1.20. The molecule has 0 saturated carbocycles. The van der Waals surface area contributed by atoms with Crippen molar-refractivity contribution in [2.24, 2.45) is 22.9 Å². The van der Waals surface area contributed by atoms with Crippen LogP contribution < -0.4 is 49.5 Å². The first-order valence-corrected chi connectivity index (χ1v) is 20.9. The van der Waals surface area contributed by atoms with Crippen molar-refractivity contribution in [3.05, 3.63) is 145 Å². The SMILES string of the molecule is N=C(N)NCCC[C@H](NC(=O)[C@H](Cc1ccc(-c2ccc(-c3ccccc3)cc2)cc1)NC(=O)[C@H](CCCNC(=N)N)NC(=O)[C@@H](N)Cc1ccc(-c2ccccc2)cc1)C(N)=O. The van der Waals surface area contributed by atoms with Gasteiger partial charge in [0.25, 0.3) is 0 Å². The first kappa shape index (κ1) is 46.5. The highest BCUT2D eigenvalue weighted by Gasteiger charge is 2.30. The van der Waals surface area contributed by atoms with Crippen LogP contribution in [-0.2, 0) is 32.0 Å². The van der Waals surface area contributed by atoms with E-state index in [0.29, 0.717) is 18.4 Å². The van der Waals surface area contributed by atoms with Crippen molar-refractivity contribution in [3.8, 4) is 33.4 Å². The number of carbonyl (C=O) groups is 4. The van der Waals surface area contributed by atoms with Crippen LogP contribution in [0.5, 0.6) is 0 Å². The van der Waals surface area contributed by atoms with Gasteiger partial charge < -0.3 is 49.5 Å². The Kier molecular flexibility index (Phi) is 17.3. The van der Waals surface area contributed by atoms with E-state index in [4.69, 9.17) is 33.8 Å². The molecule has 5 aromatic rings. The summed E-state index contributed by atoms with van der Waals surface area (Å²) in [5.41, 5.74) is 30.7. The number of nitrogens with one attached hydrogen (secondary N) is 7. The van der Waals surface area contributed by atoms with Crippen LogP contribution in [0.1, 0.15) is 36.8 Å². The van der Waals surface area contributed by atoms with Crippen LogP contribution in [-0.4, -0.2) is 72.8 Å². The van der Waals surface area contributed by atoms with Gasteiger partial charge in [-0.25, -0.2) is 0 Å². The van der Waals surface area contributed by atoms with Gasteiger partial charge in [0, 0.05) is 19.5 Å². The van der Waals surface area contributed by atoms with E-state index in [0.717, 1.165) is 38.9 Å². The van der Waals surface area contributed by atoms with Crippen molar-refractivity contribution in [2.45, 2.75) is 62.7 Å². The molecule has 0 spiro atoms. The third-order valence-electron chi connectivity index (χ3n) is 10.5. The Morgan fingerprint density at radius 3 is 1.22 bits per heavy atom. The van der Waals surface area contributed by atoms with Crippen molar-refractivity contribution in [1.82, 2.24) is 26.6 Å². The fourth-order valence-electron chi connectivity index (χ4n) is 7.01. The lowest BCUT2D eigenvalue weighted by Gasteiger charge is -2.26. The smallest absolute Gasteiger partial charge is 0.243 e. The second kappa shape index (κ2) is 23.5. The summed E-state index contributed by atoms with van der Waals surface area (Å²) >= 11 is 0. The number of guanidine groups is 2.